The van der Waals surface area contributed by atoms with E-state index in [2.05, 4.69) is 20.0 Å². The lowest BCUT2D eigenvalue weighted by Crippen LogP contribution is -2.26. The summed E-state index contributed by atoms with van der Waals surface area (Å²) in [6.07, 6.45) is 8.93. The Kier molecular flexibility index (Phi) is 3.85. The van der Waals surface area contributed by atoms with Crippen LogP contribution >= 0.6 is 0 Å². The molecule has 2 saturated heterocycles. The first-order valence-corrected chi connectivity index (χ1v) is 9.29. The van der Waals surface area contributed by atoms with Crippen LogP contribution in [0, 0.1) is 0 Å². The third kappa shape index (κ3) is 2.65. The number of anilines is 2. The smallest absolute Gasteiger partial charge is 0.227 e. The van der Waals surface area contributed by atoms with E-state index in [4.69, 9.17) is 4.74 Å². The van der Waals surface area contributed by atoms with Crippen molar-refractivity contribution in [3.05, 3.63) is 30.0 Å². The van der Waals surface area contributed by atoms with Crippen LogP contribution in [0.25, 0.3) is 0 Å². The second kappa shape index (κ2) is 6.35. The largest absolute Gasteiger partial charge is 0.376 e. The summed E-state index contributed by atoms with van der Waals surface area (Å²) in [5.41, 5.74) is 3.15. The third-order valence-corrected chi connectivity index (χ3v) is 5.55. The molecule has 8 nitrogen and oxygen atoms in total. The zero-order chi connectivity index (χ0) is 17.5. The molecule has 1 amide bonds. The maximum atomic E-state index is 11.9. The highest BCUT2D eigenvalue weighted by Crippen LogP contribution is 2.31. The van der Waals surface area contributed by atoms with Gasteiger partial charge in [0.15, 0.2) is 0 Å². The number of carbonyl (C=O) groups is 1. The van der Waals surface area contributed by atoms with E-state index in [-0.39, 0.29) is 11.9 Å². The van der Waals surface area contributed by atoms with Crippen LogP contribution in [-0.2, 0) is 22.6 Å². The van der Waals surface area contributed by atoms with Crippen molar-refractivity contribution in [2.24, 2.45) is 0 Å². The minimum absolute atomic E-state index is 0.199. The van der Waals surface area contributed by atoms with E-state index < -0.39 is 0 Å². The molecule has 0 saturated carbocycles. The lowest BCUT2D eigenvalue weighted by molar-refractivity contribution is -0.117. The van der Waals surface area contributed by atoms with Gasteiger partial charge in [-0.2, -0.15) is 5.10 Å². The molecule has 8 heteroatoms. The van der Waals surface area contributed by atoms with Crippen molar-refractivity contribution < 1.29 is 9.53 Å². The second-order valence-electron chi connectivity index (χ2n) is 7.14. The highest BCUT2D eigenvalue weighted by atomic mass is 16.5. The number of hydrogen-bond acceptors (Lipinski definition) is 6. The Bertz CT molecular complexity index is 835. The molecular weight excluding hydrogens is 332 g/mol. The van der Waals surface area contributed by atoms with Crippen molar-refractivity contribution in [3.8, 4) is 0 Å². The molecule has 3 aliphatic rings. The number of nitrogens with zero attached hydrogens (tertiary/aromatic N) is 6. The summed E-state index contributed by atoms with van der Waals surface area (Å²) in [7, 11) is 0. The molecule has 2 aromatic rings. The van der Waals surface area contributed by atoms with Gasteiger partial charge < -0.3 is 14.5 Å². The summed E-state index contributed by atoms with van der Waals surface area (Å²) in [6, 6.07) is 0.288. The van der Waals surface area contributed by atoms with Crippen LogP contribution in [0.2, 0.25) is 0 Å². The summed E-state index contributed by atoms with van der Waals surface area (Å²) in [6.45, 7) is 3.92. The number of rotatable bonds is 3. The Morgan fingerprint density at radius 1 is 1.19 bits per heavy atom. The van der Waals surface area contributed by atoms with Crippen LogP contribution in [-0.4, -0.2) is 51.9 Å². The van der Waals surface area contributed by atoms with Gasteiger partial charge in [0, 0.05) is 44.2 Å². The standard InChI is InChI=1S/C18H22N6O2/c25-17-2-1-5-23(17)14-8-21-24(10-14)13-3-6-22(9-13)18-15-11-26-7-4-16(15)19-12-20-18/h8,10,12-13H,1-7,9,11H2. The molecular formula is C18H22N6O2. The van der Waals surface area contributed by atoms with Crippen LogP contribution in [0.4, 0.5) is 11.5 Å². The molecule has 0 aromatic carbocycles. The van der Waals surface area contributed by atoms with Crippen molar-refractivity contribution in [1.29, 1.82) is 0 Å². The van der Waals surface area contributed by atoms with E-state index in [1.54, 1.807) is 6.33 Å². The molecule has 1 atom stereocenters. The minimum Gasteiger partial charge on any atom is -0.376 e. The van der Waals surface area contributed by atoms with Gasteiger partial charge in [-0.25, -0.2) is 9.97 Å². The molecule has 2 aromatic heterocycles. The van der Waals surface area contributed by atoms with Crippen LogP contribution in [0.3, 0.4) is 0 Å². The number of aromatic nitrogens is 4. The monoisotopic (exact) mass is 354 g/mol. The van der Waals surface area contributed by atoms with Gasteiger partial charge in [0.2, 0.25) is 5.91 Å². The fourth-order valence-electron chi connectivity index (χ4n) is 4.16. The summed E-state index contributed by atoms with van der Waals surface area (Å²) in [4.78, 5) is 25.0. The minimum atomic E-state index is 0.199. The van der Waals surface area contributed by atoms with Gasteiger partial charge in [-0.05, 0) is 12.8 Å². The molecule has 2 fully saturated rings. The maximum Gasteiger partial charge on any atom is 0.227 e. The molecule has 5 rings (SSSR count). The number of ether oxygens (including phenoxy) is 1. The lowest BCUT2D eigenvalue weighted by atomic mass is 10.1. The van der Waals surface area contributed by atoms with E-state index in [0.717, 1.165) is 68.3 Å². The van der Waals surface area contributed by atoms with Crippen molar-refractivity contribution in [3.63, 3.8) is 0 Å². The average molecular weight is 354 g/mol. The first kappa shape index (κ1) is 15.7. The van der Waals surface area contributed by atoms with Gasteiger partial charge in [0.1, 0.15) is 12.1 Å². The predicted molar refractivity (Wildman–Crippen MR) is 95.1 cm³/mol. The van der Waals surface area contributed by atoms with Crippen molar-refractivity contribution in [1.82, 2.24) is 19.7 Å². The van der Waals surface area contributed by atoms with E-state index >= 15 is 0 Å². The van der Waals surface area contributed by atoms with E-state index in [0.29, 0.717) is 13.0 Å². The predicted octanol–water partition coefficient (Wildman–Crippen LogP) is 1.32. The SMILES string of the molecule is O=C1CCCN1c1cnn(C2CCN(c3ncnc4c3COCC4)C2)c1. The Hall–Kier alpha value is -2.48. The van der Waals surface area contributed by atoms with Gasteiger partial charge >= 0.3 is 0 Å². The molecule has 0 bridgehead atoms. The number of hydrogen-bond donors (Lipinski definition) is 0. The molecule has 1 unspecified atom stereocenters. The normalized spacial score (nSPS) is 22.9. The first-order valence-electron chi connectivity index (χ1n) is 9.29. The zero-order valence-electron chi connectivity index (χ0n) is 14.7. The molecule has 26 heavy (non-hydrogen) atoms. The molecule has 0 spiro atoms. The molecule has 136 valence electrons. The van der Waals surface area contributed by atoms with Gasteiger partial charge in [0.05, 0.1) is 36.8 Å². The Labute approximate surface area is 151 Å². The van der Waals surface area contributed by atoms with Gasteiger partial charge in [-0.15, -0.1) is 0 Å². The zero-order valence-corrected chi connectivity index (χ0v) is 14.7. The molecule has 0 N–H and O–H groups in total. The number of carbonyl (C=O) groups excluding carboxylic acids is 1. The molecule has 0 radical (unpaired) electrons. The van der Waals surface area contributed by atoms with E-state index in [1.807, 2.05) is 22.0 Å². The van der Waals surface area contributed by atoms with Gasteiger partial charge in [-0.1, -0.05) is 0 Å². The molecule has 3 aliphatic heterocycles. The van der Waals surface area contributed by atoms with Gasteiger partial charge in [-0.3, -0.25) is 9.48 Å². The lowest BCUT2D eigenvalue weighted by Gasteiger charge is -2.24. The highest BCUT2D eigenvalue weighted by Gasteiger charge is 2.30. The van der Waals surface area contributed by atoms with E-state index in [1.165, 1.54) is 0 Å². The van der Waals surface area contributed by atoms with Crippen LogP contribution in [0.5, 0.6) is 0 Å². The molecule has 5 heterocycles. The van der Waals surface area contributed by atoms with Crippen molar-refractivity contribution in [2.75, 3.05) is 36.0 Å². The van der Waals surface area contributed by atoms with E-state index in [9.17, 15) is 4.79 Å². The maximum absolute atomic E-state index is 11.9. The average Bonchev–Trinajstić information content (AvgIpc) is 3.41. The second-order valence-corrected chi connectivity index (χ2v) is 7.14. The highest BCUT2D eigenvalue weighted by molar-refractivity contribution is 5.95. The molecule has 0 aliphatic carbocycles. The summed E-state index contributed by atoms with van der Waals surface area (Å²) < 4.78 is 7.62. The van der Waals surface area contributed by atoms with Crippen LogP contribution in [0.1, 0.15) is 36.6 Å². The number of amides is 1. The van der Waals surface area contributed by atoms with Gasteiger partial charge in [0.25, 0.3) is 0 Å². The third-order valence-electron chi connectivity index (χ3n) is 5.55. The number of fused-ring (bicyclic) bond motifs is 1. The quantitative estimate of drug-likeness (QED) is 0.828. The summed E-state index contributed by atoms with van der Waals surface area (Å²) in [5, 5.41) is 4.53. The Balaban J connectivity index is 1.34. The van der Waals surface area contributed by atoms with Crippen LogP contribution in [0.15, 0.2) is 18.7 Å². The fourth-order valence-corrected chi connectivity index (χ4v) is 4.16. The Morgan fingerprint density at radius 2 is 2.15 bits per heavy atom. The topological polar surface area (TPSA) is 76.4 Å². The van der Waals surface area contributed by atoms with Crippen LogP contribution < -0.4 is 9.80 Å². The Morgan fingerprint density at radius 3 is 3.04 bits per heavy atom. The fraction of sp³-hybridized carbons (Fsp3) is 0.556. The van der Waals surface area contributed by atoms with Crippen molar-refractivity contribution in [2.45, 2.75) is 38.3 Å². The summed E-state index contributed by atoms with van der Waals surface area (Å²) >= 11 is 0. The van der Waals surface area contributed by atoms with Crippen molar-refractivity contribution >= 4 is 17.4 Å². The summed E-state index contributed by atoms with van der Waals surface area (Å²) in [5.74, 6) is 1.20. The first-order chi connectivity index (χ1) is 12.8.